The number of hydrogen-bond donors (Lipinski definition) is 2. The van der Waals surface area contributed by atoms with E-state index >= 15 is 0 Å². The second-order valence-electron chi connectivity index (χ2n) is 7.15. The molecule has 0 radical (unpaired) electrons. The summed E-state index contributed by atoms with van der Waals surface area (Å²) in [5.74, 6) is -0.224. The molecule has 0 bridgehead atoms. The molecule has 0 saturated heterocycles. The first kappa shape index (κ1) is 20.0. The molecule has 0 atom stereocenters. The number of aromatic amines is 1. The normalized spacial score (nSPS) is 11.3. The number of halogens is 1. The fourth-order valence-electron chi connectivity index (χ4n) is 3.42. The second-order valence-corrected chi connectivity index (χ2v) is 7.54. The van der Waals surface area contributed by atoms with Gasteiger partial charge < -0.3 is 5.32 Å². The third kappa shape index (κ3) is 3.88. The monoisotopic (exact) mass is 425 g/mol. The van der Waals surface area contributed by atoms with Crippen LogP contribution in [0.3, 0.4) is 0 Å². The molecule has 4 rings (SSSR count). The van der Waals surface area contributed by atoms with Crippen LogP contribution in [0.25, 0.3) is 16.7 Å². The van der Waals surface area contributed by atoms with E-state index in [1.807, 2.05) is 31.2 Å². The average molecular weight is 425 g/mol. The van der Waals surface area contributed by atoms with Crippen LogP contribution in [0.5, 0.6) is 0 Å². The van der Waals surface area contributed by atoms with Crippen molar-refractivity contribution in [3.8, 4) is 0 Å². The Morgan fingerprint density at radius 2 is 2.00 bits per heavy atom. The topological polar surface area (TPSA) is 84.2 Å². The summed E-state index contributed by atoms with van der Waals surface area (Å²) < 4.78 is 17.1. The molecular formula is C21H20FN5O2S. The number of aryl methyl sites for hydroxylation is 2. The van der Waals surface area contributed by atoms with Crippen LogP contribution in [0.2, 0.25) is 0 Å². The molecule has 0 aliphatic carbocycles. The van der Waals surface area contributed by atoms with E-state index in [1.165, 1.54) is 22.8 Å². The van der Waals surface area contributed by atoms with Crippen LogP contribution in [0.4, 0.5) is 4.39 Å². The van der Waals surface area contributed by atoms with Crippen molar-refractivity contribution in [2.24, 2.45) is 0 Å². The maximum absolute atomic E-state index is 13.7. The van der Waals surface area contributed by atoms with Crippen LogP contribution in [0.1, 0.15) is 17.5 Å². The summed E-state index contributed by atoms with van der Waals surface area (Å²) in [6.07, 6.45) is 0.809. The lowest BCUT2D eigenvalue weighted by atomic mass is 10.1. The number of nitrogens with zero attached hydrogens (tertiary/aromatic N) is 3. The highest BCUT2D eigenvalue weighted by Crippen LogP contribution is 2.15. The number of H-pyrrole nitrogens is 1. The Morgan fingerprint density at radius 3 is 2.77 bits per heavy atom. The molecule has 4 aromatic rings. The van der Waals surface area contributed by atoms with E-state index in [9.17, 15) is 14.0 Å². The molecule has 0 saturated carbocycles. The molecule has 1 amide bonds. The van der Waals surface area contributed by atoms with E-state index in [0.29, 0.717) is 42.0 Å². The van der Waals surface area contributed by atoms with Crippen LogP contribution in [0, 0.1) is 17.5 Å². The van der Waals surface area contributed by atoms with Gasteiger partial charge in [-0.1, -0.05) is 29.8 Å². The number of carbonyl (C=O) groups is 1. The number of rotatable bonds is 6. The summed E-state index contributed by atoms with van der Waals surface area (Å²) in [6, 6.07) is 11.8. The van der Waals surface area contributed by atoms with Crippen LogP contribution in [0.15, 0.2) is 47.3 Å². The van der Waals surface area contributed by atoms with Gasteiger partial charge in [0, 0.05) is 13.1 Å². The first-order chi connectivity index (χ1) is 14.4. The minimum absolute atomic E-state index is 0.0843. The molecule has 2 aromatic heterocycles. The van der Waals surface area contributed by atoms with Crippen LogP contribution >= 0.6 is 12.2 Å². The molecule has 0 fully saturated rings. The SMILES string of the molecule is Cc1ccc(CC(=O)NCCCn2c(=O)c3cc(F)ccc3n3c(=S)[nH]nc23)cc1. The van der Waals surface area contributed by atoms with Gasteiger partial charge in [-0.3, -0.25) is 18.6 Å². The maximum atomic E-state index is 13.7. The molecule has 0 unspecified atom stereocenters. The fourth-order valence-corrected chi connectivity index (χ4v) is 3.64. The Hall–Kier alpha value is -3.33. The Bertz CT molecular complexity index is 1350. The standard InChI is InChI=1S/C21H20FN5O2S/c1-13-3-5-14(6-4-13)11-18(28)23-9-2-10-26-19(29)16-12-15(22)7-8-17(16)27-20(26)24-25-21(27)30/h3-8,12H,2,9-11H2,1H3,(H,23,28)(H,25,30). The highest BCUT2D eigenvalue weighted by molar-refractivity contribution is 7.71. The van der Waals surface area contributed by atoms with E-state index in [0.717, 1.165) is 11.1 Å². The van der Waals surface area contributed by atoms with Gasteiger partial charge in [-0.15, -0.1) is 5.10 Å². The Morgan fingerprint density at radius 1 is 1.23 bits per heavy atom. The van der Waals surface area contributed by atoms with Gasteiger partial charge in [0.25, 0.3) is 5.56 Å². The van der Waals surface area contributed by atoms with Gasteiger partial charge in [0.1, 0.15) is 5.82 Å². The summed E-state index contributed by atoms with van der Waals surface area (Å²) in [4.78, 5) is 25.1. The first-order valence-electron chi connectivity index (χ1n) is 9.55. The van der Waals surface area contributed by atoms with E-state index < -0.39 is 5.82 Å². The zero-order valence-electron chi connectivity index (χ0n) is 16.3. The summed E-state index contributed by atoms with van der Waals surface area (Å²) in [5, 5.41) is 9.93. The molecule has 7 nitrogen and oxygen atoms in total. The van der Waals surface area contributed by atoms with Gasteiger partial charge >= 0.3 is 0 Å². The maximum Gasteiger partial charge on any atom is 0.262 e. The fraction of sp³-hybridized carbons (Fsp3) is 0.238. The first-order valence-corrected chi connectivity index (χ1v) is 9.96. The van der Waals surface area contributed by atoms with Crippen molar-refractivity contribution < 1.29 is 9.18 Å². The number of nitrogens with one attached hydrogen (secondary N) is 2. The molecule has 9 heteroatoms. The molecule has 2 heterocycles. The van der Waals surface area contributed by atoms with E-state index in [-0.39, 0.29) is 16.9 Å². The molecule has 2 N–H and O–H groups in total. The number of aromatic nitrogens is 4. The van der Waals surface area contributed by atoms with E-state index in [2.05, 4.69) is 15.5 Å². The lowest BCUT2D eigenvalue weighted by Gasteiger charge is -2.11. The molecule has 30 heavy (non-hydrogen) atoms. The predicted octanol–water partition coefficient (Wildman–Crippen LogP) is 2.90. The quantitative estimate of drug-likeness (QED) is 0.368. The lowest BCUT2D eigenvalue weighted by Crippen LogP contribution is -2.29. The zero-order valence-corrected chi connectivity index (χ0v) is 17.1. The minimum atomic E-state index is -0.496. The van der Waals surface area contributed by atoms with Crippen molar-refractivity contribution in [1.82, 2.24) is 24.5 Å². The van der Waals surface area contributed by atoms with Crippen molar-refractivity contribution in [2.75, 3.05) is 6.54 Å². The highest BCUT2D eigenvalue weighted by atomic mass is 32.1. The molecule has 154 valence electrons. The number of benzene rings is 2. The number of amides is 1. The van der Waals surface area contributed by atoms with Crippen molar-refractivity contribution in [1.29, 1.82) is 0 Å². The van der Waals surface area contributed by atoms with Crippen molar-refractivity contribution in [3.63, 3.8) is 0 Å². The van der Waals surface area contributed by atoms with Gasteiger partial charge in [-0.25, -0.2) is 9.49 Å². The largest absolute Gasteiger partial charge is 0.356 e. The van der Waals surface area contributed by atoms with Crippen LogP contribution in [-0.2, 0) is 17.8 Å². The number of fused-ring (bicyclic) bond motifs is 3. The summed E-state index contributed by atoms with van der Waals surface area (Å²) in [7, 11) is 0. The minimum Gasteiger partial charge on any atom is -0.356 e. The van der Waals surface area contributed by atoms with Gasteiger partial charge in [0.15, 0.2) is 0 Å². The Balaban J connectivity index is 1.49. The Labute approximate surface area is 176 Å². The predicted molar refractivity (Wildman–Crippen MR) is 115 cm³/mol. The van der Waals surface area contributed by atoms with Crippen molar-refractivity contribution in [3.05, 3.63) is 74.5 Å². The van der Waals surface area contributed by atoms with E-state index in [1.54, 1.807) is 4.40 Å². The van der Waals surface area contributed by atoms with Gasteiger partial charge in [0.2, 0.25) is 16.5 Å². The smallest absolute Gasteiger partial charge is 0.262 e. The zero-order chi connectivity index (χ0) is 21.3. The van der Waals surface area contributed by atoms with E-state index in [4.69, 9.17) is 12.2 Å². The third-order valence-electron chi connectivity index (χ3n) is 4.94. The lowest BCUT2D eigenvalue weighted by molar-refractivity contribution is -0.120. The number of carbonyl (C=O) groups excluding carboxylic acids is 1. The second kappa shape index (κ2) is 8.19. The molecular weight excluding hydrogens is 405 g/mol. The summed E-state index contributed by atoms with van der Waals surface area (Å²) in [5.41, 5.74) is 2.23. The third-order valence-corrected chi connectivity index (χ3v) is 5.21. The molecule has 2 aromatic carbocycles. The summed E-state index contributed by atoms with van der Waals surface area (Å²) >= 11 is 5.27. The molecule has 0 aliphatic heterocycles. The highest BCUT2D eigenvalue weighted by Gasteiger charge is 2.14. The van der Waals surface area contributed by atoms with Crippen molar-refractivity contribution >= 4 is 34.8 Å². The van der Waals surface area contributed by atoms with Crippen LogP contribution < -0.4 is 10.9 Å². The van der Waals surface area contributed by atoms with Gasteiger partial charge in [0.05, 0.1) is 17.3 Å². The van der Waals surface area contributed by atoms with Gasteiger partial charge in [-0.2, -0.15) is 0 Å². The van der Waals surface area contributed by atoms with Gasteiger partial charge in [-0.05, 0) is 49.3 Å². The summed E-state index contributed by atoms with van der Waals surface area (Å²) in [6.45, 7) is 2.70. The number of hydrogen-bond acceptors (Lipinski definition) is 4. The van der Waals surface area contributed by atoms with Crippen molar-refractivity contribution in [2.45, 2.75) is 26.3 Å². The van der Waals surface area contributed by atoms with Crippen LogP contribution in [-0.4, -0.2) is 31.6 Å². The molecule has 0 spiro atoms. The average Bonchev–Trinajstić information content (AvgIpc) is 3.10. The molecule has 0 aliphatic rings. The Kier molecular flexibility index (Phi) is 5.45.